The summed E-state index contributed by atoms with van der Waals surface area (Å²) in [6.45, 7) is 3.80. The van der Waals surface area contributed by atoms with E-state index in [9.17, 15) is 17.6 Å². The van der Waals surface area contributed by atoms with E-state index in [1.54, 1.807) is 18.2 Å². The van der Waals surface area contributed by atoms with Gasteiger partial charge in [0, 0.05) is 18.2 Å². The Morgan fingerprint density at radius 3 is 2.32 bits per heavy atom. The van der Waals surface area contributed by atoms with Crippen LogP contribution in [0.5, 0.6) is 0 Å². The minimum Gasteiger partial charge on any atom is -0.299 e. The molecule has 132 valence electrons. The number of allylic oxidation sites excluding steroid dienone is 1. The number of anilines is 1. The number of carbonyl (C=O) groups excluding carboxylic acids is 1. The highest BCUT2D eigenvalue weighted by Gasteiger charge is 2.19. The second kappa shape index (κ2) is 7.98. The van der Waals surface area contributed by atoms with Gasteiger partial charge in [0.25, 0.3) is 0 Å². The fraction of sp³-hybridized carbons (Fsp3) is 0.235. The van der Waals surface area contributed by atoms with Crippen molar-refractivity contribution in [3.8, 4) is 11.3 Å². The molecule has 2 aromatic rings. The highest BCUT2D eigenvalue weighted by Crippen LogP contribution is 2.31. The van der Waals surface area contributed by atoms with E-state index in [-0.39, 0.29) is 11.9 Å². The van der Waals surface area contributed by atoms with Crippen molar-refractivity contribution in [2.75, 3.05) is 11.4 Å². The van der Waals surface area contributed by atoms with E-state index in [1.807, 2.05) is 13.8 Å². The second-order valence-corrected chi connectivity index (χ2v) is 6.67. The van der Waals surface area contributed by atoms with E-state index in [1.165, 1.54) is 25.3 Å². The van der Waals surface area contributed by atoms with Crippen molar-refractivity contribution in [2.24, 2.45) is 0 Å². The lowest BCUT2D eigenvalue weighted by molar-refractivity contribution is -0.104. The summed E-state index contributed by atoms with van der Waals surface area (Å²) in [5.41, 5.74) is 2.20. The third kappa shape index (κ3) is 4.27. The van der Waals surface area contributed by atoms with Gasteiger partial charge in [0.2, 0.25) is 16.8 Å². The summed E-state index contributed by atoms with van der Waals surface area (Å²) in [6.07, 6.45) is 3.52. The van der Waals surface area contributed by atoms with Crippen LogP contribution in [-0.2, 0) is 15.7 Å². The van der Waals surface area contributed by atoms with Gasteiger partial charge in [-0.2, -0.15) is 0 Å². The fourth-order valence-corrected chi connectivity index (χ4v) is 2.50. The van der Waals surface area contributed by atoms with Crippen LogP contribution >= 0.6 is 0 Å². The Morgan fingerprint density at radius 2 is 1.80 bits per heavy atom. The minimum absolute atomic E-state index is 0.0161. The second-order valence-electron chi connectivity index (χ2n) is 5.59. The summed E-state index contributed by atoms with van der Waals surface area (Å²) in [5.74, 6) is -0.431. The average molecular weight is 363 g/mol. The summed E-state index contributed by atoms with van der Waals surface area (Å²) in [5, 5.41) is 0. The maximum atomic E-state index is 13.2. The van der Waals surface area contributed by atoms with Gasteiger partial charge < -0.3 is 0 Å². The SMILES string of the molecule is CC(C)c1nc(N(C)[SH](=O)=O)nc(-c2ccc(F)cc2)c1/C=C/C=O. The molecule has 2 rings (SSSR count). The largest absolute Gasteiger partial charge is 0.299 e. The highest BCUT2D eigenvalue weighted by molar-refractivity contribution is 7.74. The van der Waals surface area contributed by atoms with E-state index in [4.69, 9.17) is 0 Å². The molecule has 6 nitrogen and oxygen atoms in total. The molecule has 0 fully saturated rings. The molecule has 8 heteroatoms. The van der Waals surface area contributed by atoms with Crippen molar-refractivity contribution >= 4 is 29.2 Å². The Labute approximate surface area is 147 Å². The Morgan fingerprint density at radius 1 is 1.16 bits per heavy atom. The number of rotatable bonds is 6. The third-order valence-corrected chi connectivity index (χ3v) is 4.17. The molecule has 25 heavy (non-hydrogen) atoms. The molecule has 1 aromatic heterocycles. The Kier molecular flexibility index (Phi) is 5.97. The molecule has 0 unspecified atom stereocenters. The lowest BCUT2D eigenvalue weighted by Gasteiger charge is -2.18. The first-order valence-corrected chi connectivity index (χ1v) is 8.66. The van der Waals surface area contributed by atoms with Crippen molar-refractivity contribution in [1.82, 2.24) is 9.97 Å². The number of hydrogen-bond donors (Lipinski definition) is 1. The average Bonchev–Trinajstić information content (AvgIpc) is 2.59. The third-order valence-electron chi connectivity index (χ3n) is 3.50. The standard InChI is InChI=1S/C17H18FN3O3S/c1-11(2)15-14(5-4-10-22)16(12-6-8-13(18)9-7-12)20-17(19-15)21(3)25(23)24/h4-11,25H,1-3H3/b5-4+. The monoisotopic (exact) mass is 363 g/mol. The van der Waals surface area contributed by atoms with Crippen LogP contribution in [0.2, 0.25) is 0 Å². The number of aldehydes is 1. The summed E-state index contributed by atoms with van der Waals surface area (Å²) in [6, 6.07) is 5.66. The minimum atomic E-state index is -2.90. The van der Waals surface area contributed by atoms with E-state index in [2.05, 4.69) is 9.97 Å². The maximum Gasteiger partial charge on any atom is 0.239 e. The lowest BCUT2D eigenvalue weighted by atomic mass is 9.98. The van der Waals surface area contributed by atoms with Crippen molar-refractivity contribution in [3.63, 3.8) is 0 Å². The van der Waals surface area contributed by atoms with E-state index in [0.29, 0.717) is 28.8 Å². The van der Waals surface area contributed by atoms with Gasteiger partial charge >= 0.3 is 0 Å². The summed E-state index contributed by atoms with van der Waals surface area (Å²) >= 11 is 0. The summed E-state index contributed by atoms with van der Waals surface area (Å²) < 4.78 is 36.8. The van der Waals surface area contributed by atoms with Gasteiger partial charge in [0.15, 0.2) is 0 Å². The van der Waals surface area contributed by atoms with E-state index >= 15 is 0 Å². The number of hydrogen-bond acceptors (Lipinski definition) is 5. The van der Waals surface area contributed by atoms with Crippen LogP contribution in [0.1, 0.15) is 31.0 Å². The predicted octanol–water partition coefficient (Wildman–Crippen LogP) is 2.58. The number of benzene rings is 1. The first-order chi connectivity index (χ1) is 11.8. The van der Waals surface area contributed by atoms with Crippen LogP contribution in [0.3, 0.4) is 0 Å². The van der Waals surface area contributed by atoms with Crippen LogP contribution < -0.4 is 4.31 Å². The van der Waals surface area contributed by atoms with Gasteiger partial charge in [-0.1, -0.05) is 13.8 Å². The van der Waals surface area contributed by atoms with Crippen LogP contribution in [0.25, 0.3) is 17.3 Å². The molecule has 1 heterocycles. The number of aromatic nitrogens is 2. The molecule has 1 aromatic carbocycles. The van der Waals surface area contributed by atoms with Crippen LogP contribution in [-0.4, -0.2) is 31.7 Å². The Bertz CT molecular complexity index is 869. The smallest absolute Gasteiger partial charge is 0.239 e. The number of halogens is 1. The van der Waals surface area contributed by atoms with Crippen molar-refractivity contribution in [2.45, 2.75) is 19.8 Å². The molecule has 0 aliphatic rings. The maximum absolute atomic E-state index is 13.2. The zero-order valence-corrected chi connectivity index (χ0v) is 14.9. The van der Waals surface area contributed by atoms with Gasteiger partial charge in [-0.05, 0) is 42.3 Å². The molecule has 0 bridgehead atoms. The predicted molar refractivity (Wildman–Crippen MR) is 95.3 cm³/mol. The van der Waals surface area contributed by atoms with E-state index < -0.39 is 16.7 Å². The molecule has 0 N–H and O–H groups in total. The summed E-state index contributed by atoms with van der Waals surface area (Å²) in [4.78, 5) is 19.4. The van der Waals surface area contributed by atoms with Crippen LogP contribution in [0.15, 0.2) is 30.3 Å². The van der Waals surface area contributed by atoms with Crippen molar-refractivity contribution in [1.29, 1.82) is 0 Å². The number of carbonyl (C=O) groups is 1. The quantitative estimate of drug-likeness (QED) is 0.485. The molecule has 0 spiro atoms. The molecule has 0 aliphatic heterocycles. The van der Waals surface area contributed by atoms with E-state index in [0.717, 1.165) is 4.31 Å². The molecular formula is C17H18FN3O3S. The Hall–Kier alpha value is -2.61. The van der Waals surface area contributed by atoms with Gasteiger partial charge in [-0.25, -0.2) is 27.1 Å². The zero-order valence-electron chi connectivity index (χ0n) is 14.0. The fourth-order valence-electron chi connectivity index (χ4n) is 2.26. The number of thiol groups is 1. The molecule has 0 atom stereocenters. The molecule has 0 amide bonds. The first-order valence-electron chi connectivity index (χ1n) is 7.53. The van der Waals surface area contributed by atoms with Crippen molar-refractivity contribution in [3.05, 3.63) is 47.4 Å². The van der Waals surface area contributed by atoms with Crippen LogP contribution in [0.4, 0.5) is 10.3 Å². The van der Waals surface area contributed by atoms with Gasteiger partial charge in [-0.15, -0.1) is 0 Å². The summed E-state index contributed by atoms with van der Waals surface area (Å²) in [7, 11) is -1.55. The Balaban J connectivity index is 2.81. The first kappa shape index (κ1) is 18.7. The molecule has 0 saturated heterocycles. The van der Waals surface area contributed by atoms with Crippen molar-refractivity contribution < 1.29 is 17.6 Å². The lowest BCUT2D eigenvalue weighted by Crippen LogP contribution is -2.19. The van der Waals surface area contributed by atoms with Gasteiger partial charge in [0.05, 0.1) is 11.4 Å². The molecule has 0 radical (unpaired) electrons. The zero-order chi connectivity index (χ0) is 18.6. The highest BCUT2D eigenvalue weighted by atomic mass is 32.2. The van der Waals surface area contributed by atoms with Gasteiger partial charge in [-0.3, -0.25) is 4.79 Å². The number of nitrogens with zero attached hydrogens (tertiary/aromatic N) is 3. The van der Waals surface area contributed by atoms with Gasteiger partial charge in [0.1, 0.15) is 12.1 Å². The molecule has 0 saturated carbocycles. The topological polar surface area (TPSA) is 80.2 Å². The normalized spacial score (nSPS) is 11.4. The molecule has 0 aliphatic carbocycles. The van der Waals surface area contributed by atoms with Crippen LogP contribution in [0, 0.1) is 5.82 Å². The molecular weight excluding hydrogens is 345 g/mol.